The number of aromatic amines is 1. The number of aliphatic imine (C=N–C) groups is 1. The molecule has 2 aliphatic rings. The van der Waals surface area contributed by atoms with E-state index in [4.69, 9.17) is 10.7 Å². The van der Waals surface area contributed by atoms with E-state index >= 15 is 0 Å². The molecule has 2 fully saturated rings. The normalized spacial score (nSPS) is 22.1. The lowest BCUT2D eigenvalue weighted by molar-refractivity contribution is -0.117. The van der Waals surface area contributed by atoms with Crippen molar-refractivity contribution < 1.29 is 4.79 Å². The standard InChI is InChI=1S/C27H40N8O/c1-4-25(36)32-21-6-5-7-22(18-21)33-26(28)24-12-13-29-27(24)31-19(2)30-20-8-10-23(11-9-20)35-16-14-34(3)15-17-35/h4,8-13,19,21-22,29-31H,1,5-7,14-18H2,2-3H3,(H2,28,33)(H,32,36). The van der Waals surface area contributed by atoms with Crippen LogP contribution in [0.15, 0.2) is 54.2 Å². The Hall–Kier alpha value is -3.46. The zero-order chi connectivity index (χ0) is 25.5. The van der Waals surface area contributed by atoms with Crippen LogP contribution in [-0.2, 0) is 4.79 Å². The molecule has 0 bridgehead atoms. The number of nitrogens with zero attached hydrogens (tertiary/aromatic N) is 3. The van der Waals surface area contributed by atoms with Crippen LogP contribution in [0.1, 0.15) is 38.2 Å². The third kappa shape index (κ3) is 6.81. The van der Waals surface area contributed by atoms with E-state index in [2.05, 4.69) is 75.5 Å². The molecule has 1 aliphatic heterocycles. The predicted octanol–water partition coefficient (Wildman–Crippen LogP) is 2.96. The number of benzene rings is 1. The number of amidine groups is 1. The summed E-state index contributed by atoms with van der Waals surface area (Å²) in [5.74, 6) is 1.20. The first kappa shape index (κ1) is 25.6. The van der Waals surface area contributed by atoms with Gasteiger partial charge in [-0.15, -0.1) is 0 Å². The quantitative estimate of drug-likeness (QED) is 0.159. The van der Waals surface area contributed by atoms with E-state index in [0.29, 0.717) is 5.84 Å². The average molecular weight is 493 g/mol. The van der Waals surface area contributed by atoms with Crippen molar-refractivity contribution >= 4 is 28.9 Å². The first-order valence-electron chi connectivity index (χ1n) is 12.9. The van der Waals surface area contributed by atoms with Gasteiger partial charge in [0.1, 0.15) is 11.7 Å². The molecule has 194 valence electrons. The van der Waals surface area contributed by atoms with Crippen LogP contribution in [0.25, 0.3) is 0 Å². The molecule has 1 aromatic heterocycles. The first-order chi connectivity index (χ1) is 17.4. The van der Waals surface area contributed by atoms with Crippen molar-refractivity contribution in [2.45, 2.75) is 50.9 Å². The second-order valence-electron chi connectivity index (χ2n) is 9.86. The summed E-state index contributed by atoms with van der Waals surface area (Å²) in [5, 5.41) is 9.97. The highest BCUT2D eigenvalue weighted by Gasteiger charge is 2.23. The molecule has 1 aromatic carbocycles. The fraction of sp³-hybridized carbons (Fsp3) is 0.481. The molecule has 9 heteroatoms. The van der Waals surface area contributed by atoms with Gasteiger partial charge in [0, 0.05) is 49.8 Å². The van der Waals surface area contributed by atoms with E-state index < -0.39 is 0 Å². The van der Waals surface area contributed by atoms with Crippen LogP contribution in [0, 0.1) is 0 Å². The van der Waals surface area contributed by atoms with Crippen LogP contribution in [0.4, 0.5) is 17.2 Å². The number of aromatic nitrogens is 1. The molecule has 1 saturated heterocycles. The number of carbonyl (C=O) groups excluding carboxylic acids is 1. The van der Waals surface area contributed by atoms with Crippen LogP contribution in [0.3, 0.4) is 0 Å². The number of anilines is 3. The highest BCUT2D eigenvalue weighted by molar-refractivity contribution is 6.02. The third-order valence-electron chi connectivity index (χ3n) is 7.00. The number of nitrogens with two attached hydrogens (primary N) is 1. The summed E-state index contributed by atoms with van der Waals surface area (Å²) in [4.78, 5) is 24.5. The molecule has 1 aliphatic carbocycles. The van der Waals surface area contributed by atoms with Crippen molar-refractivity contribution in [2.24, 2.45) is 10.7 Å². The maximum absolute atomic E-state index is 11.7. The Morgan fingerprint density at radius 2 is 1.92 bits per heavy atom. The van der Waals surface area contributed by atoms with E-state index in [1.807, 2.05) is 12.3 Å². The lowest BCUT2D eigenvalue weighted by atomic mass is 9.91. The molecule has 9 nitrogen and oxygen atoms in total. The van der Waals surface area contributed by atoms with Gasteiger partial charge in [0.05, 0.1) is 17.8 Å². The summed E-state index contributed by atoms with van der Waals surface area (Å²) in [6.45, 7) is 9.92. The Balaban J connectivity index is 1.32. The lowest BCUT2D eigenvalue weighted by Crippen LogP contribution is -2.44. The number of rotatable bonds is 9. The van der Waals surface area contributed by atoms with Gasteiger partial charge in [-0.05, 0) is 76.1 Å². The van der Waals surface area contributed by atoms with E-state index in [1.165, 1.54) is 11.8 Å². The highest BCUT2D eigenvalue weighted by Crippen LogP contribution is 2.24. The largest absolute Gasteiger partial charge is 0.383 e. The first-order valence-corrected chi connectivity index (χ1v) is 12.9. The highest BCUT2D eigenvalue weighted by atomic mass is 16.1. The number of likely N-dealkylation sites (N-methyl/N-ethyl adjacent to an activating group) is 1. The monoisotopic (exact) mass is 492 g/mol. The molecule has 2 heterocycles. The molecule has 36 heavy (non-hydrogen) atoms. The van der Waals surface area contributed by atoms with Gasteiger partial charge in [-0.1, -0.05) is 6.58 Å². The number of H-pyrrole nitrogens is 1. The molecular weight excluding hydrogens is 452 g/mol. The van der Waals surface area contributed by atoms with Crippen LogP contribution < -0.4 is 26.6 Å². The minimum atomic E-state index is -0.134. The van der Waals surface area contributed by atoms with Gasteiger partial charge in [-0.3, -0.25) is 9.79 Å². The zero-order valence-corrected chi connectivity index (χ0v) is 21.5. The van der Waals surface area contributed by atoms with E-state index in [1.54, 1.807) is 0 Å². The fourth-order valence-corrected chi connectivity index (χ4v) is 4.98. The summed E-state index contributed by atoms with van der Waals surface area (Å²) < 4.78 is 0. The Morgan fingerprint density at radius 1 is 1.17 bits per heavy atom. The molecule has 0 radical (unpaired) electrons. The number of amides is 1. The Kier molecular flexibility index (Phi) is 8.53. The van der Waals surface area contributed by atoms with Gasteiger partial charge >= 0.3 is 0 Å². The maximum atomic E-state index is 11.7. The van der Waals surface area contributed by atoms with Crippen LogP contribution in [0.2, 0.25) is 0 Å². The van der Waals surface area contributed by atoms with E-state index in [-0.39, 0.29) is 24.2 Å². The van der Waals surface area contributed by atoms with E-state index in [0.717, 1.165) is 68.9 Å². The number of nitrogens with one attached hydrogen (secondary N) is 4. The molecule has 1 saturated carbocycles. The number of hydrogen-bond acceptors (Lipinski definition) is 6. The summed E-state index contributed by atoms with van der Waals surface area (Å²) in [5.41, 5.74) is 9.60. The molecule has 3 atom stereocenters. The molecule has 1 amide bonds. The van der Waals surface area contributed by atoms with Gasteiger partial charge < -0.3 is 36.5 Å². The van der Waals surface area contributed by atoms with Crippen LogP contribution >= 0.6 is 0 Å². The average Bonchev–Trinajstić information content (AvgIpc) is 3.33. The Labute approximate surface area is 214 Å². The van der Waals surface area contributed by atoms with Gasteiger partial charge in [-0.25, -0.2) is 0 Å². The molecule has 3 unspecified atom stereocenters. The Bertz CT molecular complexity index is 1040. The number of hydrogen-bond donors (Lipinski definition) is 5. The maximum Gasteiger partial charge on any atom is 0.243 e. The minimum Gasteiger partial charge on any atom is -0.383 e. The smallest absolute Gasteiger partial charge is 0.243 e. The van der Waals surface area contributed by atoms with Gasteiger partial charge in [0.15, 0.2) is 0 Å². The lowest BCUT2D eigenvalue weighted by Gasteiger charge is -2.34. The van der Waals surface area contributed by atoms with Gasteiger partial charge in [-0.2, -0.15) is 0 Å². The predicted molar refractivity (Wildman–Crippen MR) is 149 cm³/mol. The Morgan fingerprint density at radius 3 is 2.64 bits per heavy atom. The minimum absolute atomic E-state index is 0.0298. The van der Waals surface area contributed by atoms with Crippen molar-refractivity contribution in [3.8, 4) is 0 Å². The van der Waals surface area contributed by atoms with Crippen molar-refractivity contribution in [3.05, 3.63) is 54.7 Å². The molecule has 0 spiro atoms. The number of carbonyl (C=O) groups is 1. The van der Waals surface area contributed by atoms with Crippen LogP contribution in [-0.4, -0.2) is 73.1 Å². The van der Waals surface area contributed by atoms with Gasteiger partial charge in [0.2, 0.25) is 5.91 Å². The van der Waals surface area contributed by atoms with Crippen molar-refractivity contribution in [1.82, 2.24) is 15.2 Å². The summed E-state index contributed by atoms with van der Waals surface area (Å²) >= 11 is 0. The van der Waals surface area contributed by atoms with Crippen molar-refractivity contribution in [1.29, 1.82) is 0 Å². The second kappa shape index (κ2) is 12.0. The van der Waals surface area contributed by atoms with Crippen molar-refractivity contribution in [2.75, 3.05) is 48.8 Å². The molecule has 4 rings (SSSR count). The molecular formula is C27H40N8O. The topological polar surface area (TPSA) is 114 Å². The molecule has 2 aromatic rings. The third-order valence-corrected chi connectivity index (χ3v) is 7.00. The molecule has 6 N–H and O–H groups in total. The zero-order valence-electron chi connectivity index (χ0n) is 21.5. The summed E-state index contributed by atoms with van der Waals surface area (Å²) in [6, 6.07) is 10.8. The van der Waals surface area contributed by atoms with Gasteiger partial charge in [0.25, 0.3) is 0 Å². The fourth-order valence-electron chi connectivity index (χ4n) is 4.98. The summed E-state index contributed by atoms with van der Waals surface area (Å²) in [6.07, 6.45) is 6.88. The van der Waals surface area contributed by atoms with E-state index in [9.17, 15) is 4.79 Å². The second-order valence-corrected chi connectivity index (χ2v) is 9.86. The van der Waals surface area contributed by atoms with Crippen LogP contribution in [0.5, 0.6) is 0 Å². The SMILES string of the molecule is C=CC(=O)NC1CCCC(N=C(N)c2cc[nH]c2NC(C)Nc2ccc(N3CCN(C)CC3)cc2)C1. The van der Waals surface area contributed by atoms with Crippen molar-refractivity contribution in [3.63, 3.8) is 0 Å². The number of piperazine rings is 1. The summed E-state index contributed by atoms with van der Waals surface area (Å²) in [7, 11) is 2.17.